The summed E-state index contributed by atoms with van der Waals surface area (Å²) in [6.07, 6.45) is 4.71. The number of nitrogens with zero attached hydrogens (tertiary/aromatic N) is 2. The average Bonchev–Trinajstić information content (AvgIpc) is 2.55. The number of nitrogens with one attached hydrogen (secondary N) is 2. The summed E-state index contributed by atoms with van der Waals surface area (Å²) in [6.45, 7) is 8.77. The molecule has 0 aromatic carbocycles. The summed E-state index contributed by atoms with van der Waals surface area (Å²) >= 11 is 0. The van der Waals surface area contributed by atoms with Crippen LogP contribution < -0.4 is 16.2 Å². The van der Waals surface area contributed by atoms with Crippen LogP contribution in [0.1, 0.15) is 33.1 Å². The van der Waals surface area contributed by atoms with Gasteiger partial charge in [-0.05, 0) is 39.2 Å². The zero-order valence-corrected chi connectivity index (χ0v) is 17.1. The largest absolute Gasteiger partial charge is 0.382 e. The van der Waals surface area contributed by atoms with Crippen LogP contribution in [0.3, 0.4) is 0 Å². The van der Waals surface area contributed by atoms with E-state index < -0.39 is 0 Å². The third-order valence-corrected chi connectivity index (χ3v) is 3.28. The van der Waals surface area contributed by atoms with Crippen LogP contribution in [0.2, 0.25) is 0 Å². The van der Waals surface area contributed by atoms with E-state index in [4.69, 9.17) is 4.74 Å². The van der Waals surface area contributed by atoms with E-state index in [0.29, 0.717) is 0 Å². The van der Waals surface area contributed by atoms with Gasteiger partial charge in [0.1, 0.15) is 0 Å². The van der Waals surface area contributed by atoms with Gasteiger partial charge in [0.2, 0.25) is 5.56 Å². The first-order chi connectivity index (χ1) is 11.3. The Hall–Kier alpha value is -1.09. The van der Waals surface area contributed by atoms with Gasteiger partial charge in [0, 0.05) is 51.7 Å². The molecule has 2 N–H and O–H groups in total. The van der Waals surface area contributed by atoms with Crippen molar-refractivity contribution in [3.05, 3.63) is 34.7 Å². The third kappa shape index (κ3) is 10.6. The number of halogens is 1. The van der Waals surface area contributed by atoms with Crippen LogP contribution in [-0.4, -0.2) is 43.4 Å². The topological polar surface area (TPSA) is 67.7 Å². The molecule has 138 valence electrons. The highest BCUT2D eigenvalue weighted by Crippen LogP contribution is 1.92. The maximum absolute atomic E-state index is 11.6. The number of rotatable bonds is 11. The van der Waals surface area contributed by atoms with Crippen LogP contribution >= 0.6 is 24.0 Å². The van der Waals surface area contributed by atoms with Crippen molar-refractivity contribution in [3.63, 3.8) is 0 Å². The molecule has 7 heteroatoms. The Kier molecular flexibility index (Phi) is 14.7. The Balaban J connectivity index is 0.00000529. The predicted octanol–water partition coefficient (Wildman–Crippen LogP) is 2.23. The van der Waals surface area contributed by atoms with Gasteiger partial charge in [-0.3, -0.25) is 9.79 Å². The molecule has 1 aromatic rings. The summed E-state index contributed by atoms with van der Waals surface area (Å²) in [5.74, 6) is 0.848. The number of hydrogen-bond donors (Lipinski definition) is 2. The van der Waals surface area contributed by atoms with Crippen molar-refractivity contribution in [2.45, 2.75) is 39.7 Å². The molecule has 0 fully saturated rings. The molecular weight excluding hydrogens is 419 g/mol. The van der Waals surface area contributed by atoms with Gasteiger partial charge < -0.3 is 19.9 Å². The second kappa shape index (κ2) is 15.4. The highest BCUT2D eigenvalue weighted by molar-refractivity contribution is 14.0. The normalized spacial score (nSPS) is 11.0. The predicted molar refractivity (Wildman–Crippen MR) is 110 cm³/mol. The fourth-order valence-corrected chi connectivity index (χ4v) is 2.10. The zero-order valence-electron chi connectivity index (χ0n) is 14.8. The van der Waals surface area contributed by atoms with Crippen LogP contribution in [0.4, 0.5) is 0 Å². The fraction of sp³-hybridized carbons (Fsp3) is 0.647. The smallest absolute Gasteiger partial charge is 0.250 e. The van der Waals surface area contributed by atoms with E-state index >= 15 is 0 Å². The number of pyridine rings is 1. The summed E-state index contributed by atoms with van der Waals surface area (Å²) < 4.78 is 7.05. The second-order valence-corrected chi connectivity index (χ2v) is 5.18. The first kappa shape index (κ1) is 22.9. The lowest BCUT2D eigenvalue weighted by Gasteiger charge is -2.11. The fourth-order valence-electron chi connectivity index (χ4n) is 2.10. The van der Waals surface area contributed by atoms with E-state index in [2.05, 4.69) is 22.5 Å². The monoisotopic (exact) mass is 450 g/mol. The highest BCUT2D eigenvalue weighted by Gasteiger charge is 1.98. The molecule has 0 unspecified atom stereocenters. The quantitative estimate of drug-likeness (QED) is 0.235. The van der Waals surface area contributed by atoms with Crippen LogP contribution in [0.5, 0.6) is 0 Å². The Bertz CT molecular complexity index is 505. The first-order valence-corrected chi connectivity index (χ1v) is 8.53. The van der Waals surface area contributed by atoms with E-state index in [1.165, 1.54) is 0 Å². The lowest BCUT2D eigenvalue weighted by molar-refractivity contribution is 0.146. The van der Waals surface area contributed by atoms with Gasteiger partial charge in [0.05, 0.1) is 0 Å². The van der Waals surface area contributed by atoms with Crippen LogP contribution in [0.25, 0.3) is 0 Å². The number of ether oxygens (including phenoxy) is 1. The van der Waals surface area contributed by atoms with Gasteiger partial charge in [0.25, 0.3) is 0 Å². The average molecular weight is 450 g/mol. The Labute approximate surface area is 162 Å². The summed E-state index contributed by atoms with van der Waals surface area (Å²) in [4.78, 5) is 16.1. The molecule has 1 rings (SSSR count). The number of aromatic nitrogens is 1. The van der Waals surface area contributed by atoms with Crippen molar-refractivity contribution in [2.75, 3.05) is 32.8 Å². The minimum atomic E-state index is 0. The molecule has 0 radical (unpaired) electrons. The van der Waals surface area contributed by atoms with Gasteiger partial charge >= 0.3 is 0 Å². The molecule has 0 spiro atoms. The number of guanidine groups is 1. The zero-order chi connectivity index (χ0) is 16.8. The van der Waals surface area contributed by atoms with Crippen LogP contribution in [0, 0.1) is 0 Å². The number of aliphatic imine (C=N–C) groups is 1. The SMILES string of the molecule is CCNC(=NCCCOCC)NCCCCn1ccccc1=O.I. The maximum Gasteiger partial charge on any atom is 0.250 e. The summed E-state index contributed by atoms with van der Waals surface area (Å²) in [6, 6.07) is 5.25. The number of aryl methyl sites for hydroxylation is 1. The van der Waals surface area contributed by atoms with Gasteiger partial charge in [0.15, 0.2) is 5.96 Å². The lowest BCUT2D eigenvalue weighted by Crippen LogP contribution is -2.38. The third-order valence-electron chi connectivity index (χ3n) is 3.28. The standard InChI is InChI=1S/C17H30N4O2.HI/c1-3-18-17(20-12-9-15-23-4-2)19-11-6-8-14-21-13-7-5-10-16(21)22;/h5,7,10,13H,3-4,6,8-9,11-12,14-15H2,1-2H3,(H2,18,19,20);1H. The van der Waals surface area contributed by atoms with Gasteiger partial charge in [-0.25, -0.2) is 0 Å². The molecule has 0 aliphatic heterocycles. The van der Waals surface area contributed by atoms with E-state index in [1.807, 2.05) is 19.2 Å². The molecule has 6 nitrogen and oxygen atoms in total. The van der Waals surface area contributed by atoms with Crippen LogP contribution in [-0.2, 0) is 11.3 Å². The molecule has 0 amide bonds. The van der Waals surface area contributed by atoms with E-state index in [9.17, 15) is 4.79 Å². The molecule has 1 heterocycles. The number of unbranched alkanes of at least 4 members (excludes halogenated alkanes) is 1. The van der Waals surface area contributed by atoms with Gasteiger partial charge in [-0.2, -0.15) is 0 Å². The molecule has 0 bridgehead atoms. The Morgan fingerprint density at radius 3 is 2.75 bits per heavy atom. The molecule has 0 saturated heterocycles. The minimum absolute atomic E-state index is 0. The molecular formula is C17H31IN4O2. The van der Waals surface area contributed by atoms with Crippen molar-refractivity contribution in [1.29, 1.82) is 0 Å². The molecule has 24 heavy (non-hydrogen) atoms. The van der Waals surface area contributed by atoms with Crippen molar-refractivity contribution >= 4 is 29.9 Å². The van der Waals surface area contributed by atoms with Gasteiger partial charge in [-0.15, -0.1) is 24.0 Å². The molecule has 0 saturated carbocycles. The molecule has 0 aliphatic carbocycles. The highest BCUT2D eigenvalue weighted by atomic mass is 127. The van der Waals surface area contributed by atoms with Crippen molar-refractivity contribution in [2.24, 2.45) is 4.99 Å². The number of hydrogen-bond acceptors (Lipinski definition) is 3. The van der Waals surface area contributed by atoms with Gasteiger partial charge in [-0.1, -0.05) is 6.07 Å². The van der Waals surface area contributed by atoms with Crippen LogP contribution in [0.15, 0.2) is 34.2 Å². The Morgan fingerprint density at radius 2 is 2.04 bits per heavy atom. The maximum atomic E-state index is 11.6. The summed E-state index contributed by atoms with van der Waals surface area (Å²) in [5, 5.41) is 6.56. The van der Waals surface area contributed by atoms with Crippen molar-refractivity contribution < 1.29 is 4.74 Å². The molecule has 1 aromatic heterocycles. The van der Waals surface area contributed by atoms with E-state index in [-0.39, 0.29) is 29.5 Å². The Morgan fingerprint density at radius 1 is 1.21 bits per heavy atom. The molecule has 0 atom stereocenters. The second-order valence-electron chi connectivity index (χ2n) is 5.18. The lowest BCUT2D eigenvalue weighted by atomic mass is 10.3. The molecule has 0 aliphatic rings. The van der Waals surface area contributed by atoms with E-state index in [0.717, 1.165) is 64.6 Å². The van der Waals surface area contributed by atoms with Crippen molar-refractivity contribution in [1.82, 2.24) is 15.2 Å². The first-order valence-electron chi connectivity index (χ1n) is 8.53. The van der Waals surface area contributed by atoms with E-state index in [1.54, 1.807) is 16.7 Å². The summed E-state index contributed by atoms with van der Waals surface area (Å²) in [5.41, 5.74) is 0.0599. The summed E-state index contributed by atoms with van der Waals surface area (Å²) in [7, 11) is 0. The minimum Gasteiger partial charge on any atom is -0.382 e. The van der Waals surface area contributed by atoms with Crippen molar-refractivity contribution in [3.8, 4) is 0 Å².